The van der Waals surface area contributed by atoms with Crippen LogP contribution in [0.5, 0.6) is 5.75 Å². The van der Waals surface area contributed by atoms with Crippen LogP contribution < -0.4 is 5.73 Å². The summed E-state index contributed by atoms with van der Waals surface area (Å²) in [6, 6.07) is 5.49. The van der Waals surface area contributed by atoms with Crippen LogP contribution in [-0.2, 0) is 6.42 Å². The molecule has 0 spiro atoms. The Morgan fingerprint density at radius 3 is 2.81 bits per heavy atom. The lowest BCUT2D eigenvalue weighted by molar-refractivity contribution is 0.472. The largest absolute Gasteiger partial charge is 0.505 e. The summed E-state index contributed by atoms with van der Waals surface area (Å²) in [5.41, 5.74) is 6.97. The zero-order valence-electron chi connectivity index (χ0n) is 9.95. The first-order valence-electron chi connectivity index (χ1n) is 5.97. The van der Waals surface area contributed by atoms with Crippen molar-refractivity contribution in [3.63, 3.8) is 0 Å². The zero-order valence-corrected chi connectivity index (χ0v) is 9.95. The van der Waals surface area contributed by atoms with Crippen LogP contribution in [0.4, 0.5) is 5.69 Å². The van der Waals surface area contributed by atoms with Gasteiger partial charge in [0.2, 0.25) is 0 Å². The predicted molar refractivity (Wildman–Crippen MR) is 69.5 cm³/mol. The van der Waals surface area contributed by atoms with Crippen molar-refractivity contribution in [2.45, 2.75) is 39.0 Å². The monoisotopic (exact) mass is 219 g/mol. The van der Waals surface area contributed by atoms with Gasteiger partial charge in [0.25, 0.3) is 0 Å². The Bertz CT molecular complexity index is 345. The third-order valence-electron chi connectivity index (χ3n) is 2.63. The van der Waals surface area contributed by atoms with Gasteiger partial charge in [-0.15, -0.1) is 0 Å². The van der Waals surface area contributed by atoms with Gasteiger partial charge in [-0.2, -0.15) is 0 Å². The Labute approximate surface area is 97.8 Å². The number of aromatic hydroxyl groups is 1. The molecule has 0 saturated heterocycles. The minimum atomic E-state index is 0.223. The van der Waals surface area contributed by atoms with E-state index in [9.17, 15) is 5.11 Å². The van der Waals surface area contributed by atoms with Crippen LogP contribution >= 0.6 is 0 Å². The number of anilines is 1. The van der Waals surface area contributed by atoms with Gasteiger partial charge in [0.1, 0.15) is 5.75 Å². The van der Waals surface area contributed by atoms with E-state index in [4.69, 9.17) is 5.73 Å². The summed E-state index contributed by atoms with van der Waals surface area (Å²) in [4.78, 5) is 0. The number of nitrogen functional groups attached to an aromatic ring is 1. The van der Waals surface area contributed by atoms with Crippen molar-refractivity contribution in [2.75, 3.05) is 5.73 Å². The van der Waals surface area contributed by atoms with Crippen molar-refractivity contribution < 1.29 is 5.11 Å². The number of para-hydroxylation sites is 1. The lowest BCUT2D eigenvalue weighted by Crippen LogP contribution is -1.89. The van der Waals surface area contributed by atoms with Crippen LogP contribution in [0.2, 0.25) is 0 Å². The number of hydrogen-bond donors (Lipinski definition) is 2. The smallest absolute Gasteiger partial charge is 0.141 e. The van der Waals surface area contributed by atoms with Gasteiger partial charge in [0.05, 0.1) is 5.69 Å². The number of phenolic OH excluding ortho intramolecular Hbond substituents is 1. The van der Waals surface area contributed by atoms with Crippen LogP contribution in [-0.4, -0.2) is 5.11 Å². The molecule has 1 aromatic rings. The second-order valence-corrected chi connectivity index (χ2v) is 4.03. The van der Waals surface area contributed by atoms with E-state index in [1.807, 2.05) is 12.1 Å². The van der Waals surface area contributed by atoms with E-state index in [-0.39, 0.29) is 5.75 Å². The first-order chi connectivity index (χ1) is 7.75. The molecule has 0 aliphatic carbocycles. The van der Waals surface area contributed by atoms with E-state index >= 15 is 0 Å². The molecule has 0 heterocycles. The molecule has 0 bridgehead atoms. The third-order valence-corrected chi connectivity index (χ3v) is 2.63. The molecule has 0 aliphatic rings. The number of phenols is 1. The van der Waals surface area contributed by atoms with Crippen molar-refractivity contribution in [2.24, 2.45) is 0 Å². The highest BCUT2D eigenvalue weighted by atomic mass is 16.3. The minimum Gasteiger partial charge on any atom is -0.505 e. The van der Waals surface area contributed by atoms with Crippen LogP contribution in [0.25, 0.3) is 0 Å². The summed E-state index contributed by atoms with van der Waals surface area (Å²) in [5, 5.41) is 9.68. The quantitative estimate of drug-likeness (QED) is 0.332. The minimum absolute atomic E-state index is 0.223. The number of nitrogens with two attached hydrogens (primary N) is 1. The highest BCUT2D eigenvalue weighted by Crippen LogP contribution is 2.24. The molecule has 2 nitrogen and oxygen atoms in total. The van der Waals surface area contributed by atoms with E-state index in [1.165, 1.54) is 19.3 Å². The lowest BCUT2D eigenvalue weighted by Gasteiger charge is -2.03. The topological polar surface area (TPSA) is 46.2 Å². The van der Waals surface area contributed by atoms with Gasteiger partial charge >= 0.3 is 0 Å². The van der Waals surface area contributed by atoms with Crippen molar-refractivity contribution in [1.29, 1.82) is 0 Å². The maximum Gasteiger partial charge on any atom is 0.141 e. The average Bonchev–Trinajstić information content (AvgIpc) is 2.29. The van der Waals surface area contributed by atoms with Gasteiger partial charge < -0.3 is 10.8 Å². The SMILES string of the molecule is CCCCC/C=C/Cc1cccc(N)c1O. The van der Waals surface area contributed by atoms with E-state index < -0.39 is 0 Å². The highest BCUT2D eigenvalue weighted by Gasteiger charge is 2.01. The summed E-state index contributed by atoms with van der Waals surface area (Å²) in [6.07, 6.45) is 9.94. The molecule has 16 heavy (non-hydrogen) atoms. The van der Waals surface area contributed by atoms with Crippen LogP contribution in [0.1, 0.15) is 38.2 Å². The number of benzene rings is 1. The Balaban J connectivity index is 2.39. The Morgan fingerprint density at radius 1 is 1.25 bits per heavy atom. The molecule has 1 rings (SSSR count). The molecule has 3 N–H and O–H groups in total. The van der Waals surface area contributed by atoms with Crippen LogP contribution in [0.3, 0.4) is 0 Å². The van der Waals surface area contributed by atoms with Crippen molar-refractivity contribution in [1.82, 2.24) is 0 Å². The Morgan fingerprint density at radius 2 is 2.06 bits per heavy atom. The van der Waals surface area contributed by atoms with Crippen LogP contribution in [0.15, 0.2) is 30.4 Å². The van der Waals surface area contributed by atoms with Gasteiger partial charge in [-0.25, -0.2) is 0 Å². The molecular formula is C14H21NO. The number of hydrogen-bond acceptors (Lipinski definition) is 2. The van der Waals surface area contributed by atoms with E-state index in [1.54, 1.807) is 6.07 Å². The van der Waals surface area contributed by atoms with Gasteiger partial charge in [0, 0.05) is 0 Å². The number of allylic oxidation sites excluding steroid dienone is 2. The molecule has 2 heteroatoms. The summed E-state index contributed by atoms with van der Waals surface area (Å²) in [5.74, 6) is 0.223. The second kappa shape index (κ2) is 6.94. The molecular weight excluding hydrogens is 198 g/mol. The number of unbranched alkanes of at least 4 members (excludes halogenated alkanes) is 3. The van der Waals surface area contributed by atoms with Crippen molar-refractivity contribution in [3.05, 3.63) is 35.9 Å². The molecule has 0 amide bonds. The fourth-order valence-electron chi connectivity index (χ4n) is 1.62. The molecule has 1 aromatic carbocycles. The molecule has 0 fully saturated rings. The first kappa shape index (κ1) is 12.6. The Hall–Kier alpha value is -1.44. The molecule has 88 valence electrons. The maximum atomic E-state index is 9.68. The fraction of sp³-hybridized carbons (Fsp3) is 0.429. The van der Waals surface area contributed by atoms with Gasteiger partial charge in [-0.3, -0.25) is 0 Å². The molecule has 0 aromatic heterocycles. The standard InChI is InChI=1S/C14H21NO/c1-2-3-4-5-6-7-9-12-10-8-11-13(15)14(12)16/h6-8,10-11,16H,2-5,9,15H2,1H3/b7-6+. The third kappa shape index (κ3) is 3.97. The summed E-state index contributed by atoms with van der Waals surface area (Å²) in [6.45, 7) is 2.20. The molecule has 0 unspecified atom stereocenters. The maximum absolute atomic E-state index is 9.68. The van der Waals surface area contributed by atoms with E-state index in [2.05, 4.69) is 19.1 Å². The molecule has 0 saturated carbocycles. The summed E-state index contributed by atoms with van der Waals surface area (Å²) < 4.78 is 0. The fourth-order valence-corrected chi connectivity index (χ4v) is 1.62. The Kier molecular flexibility index (Phi) is 5.48. The number of rotatable bonds is 6. The second-order valence-electron chi connectivity index (χ2n) is 4.03. The van der Waals surface area contributed by atoms with Crippen molar-refractivity contribution in [3.8, 4) is 5.75 Å². The first-order valence-corrected chi connectivity index (χ1v) is 5.97. The normalized spacial score (nSPS) is 11.1. The predicted octanol–water partition coefficient (Wildman–Crippen LogP) is 3.65. The van der Waals surface area contributed by atoms with Gasteiger partial charge in [0.15, 0.2) is 0 Å². The average molecular weight is 219 g/mol. The van der Waals surface area contributed by atoms with E-state index in [0.717, 1.165) is 18.4 Å². The molecule has 0 radical (unpaired) electrons. The van der Waals surface area contributed by atoms with Gasteiger partial charge in [-0.1, -0.05) is 44.1 Å². The lowest BCUT2D eigenvalue weighted by atomic mass is 10.1. The summed E-state index contributed by atoms with van der Waals surface area (Å²) >= 11 is 0. The zero-order chi connectivity index (χ0) is 11.8. The van der Waals surface area contributed by atoms with E-state index in [0.29, 0.717) is 5.69 Å². The van der Waals surface area contributed by atoms with Crippen LogP contribution in [0, 0.1) is 0 Å². The van der Waals surface area contributed by atoms with Gasteiger partial charge in [-0.05, 0) is 30.9 Å². The van der Waals surface area contributed by atoms with Crippen molar-refractivity contribution >= 4 is 5.69 Å². The molecule has 0 atom stereocenters. The highest BCUT2D eigenvalue weighted by molar-refractivity contribution is 5.56. The summed E-state index contributed by atoms with van der Waals surface area (Å²) in [7, 11) is 0. The molecule has 0 aliphatic heterocycles.